The van der Waals surface area contributed by atoms with Gasteiger partial charge in [0.05, 0.1) is 6.04 Å². The van der Waals surface area contributed by atoms with E-state index >= 15 is 0 Å². The second-order valence-electron chi connectivity index (χ2n) is 2.94. The molecule has 1 aliphatic rings. The molecule has 0 heterocycles. The minimum absolute atomic E-state index is 0.397. The standard InChI is InChI=1S/C9H10FN/c10-8-5-6-3-1-2-4-7(6)9(8)11/h1-4,8-9H,5,11H2/t8-,9-/m0/s1. The molecule has 0 radical (unpaired) electrons. The van der Waals surface area contributed by atoms with Gasteiger partial charge in [0.15, 0.2) is 0 Å². The van der Waals surface area contributed by atoms with Crippen LogP contribution in [0.5, 0.6) is 0 Å². The highest BCUT2D eigenvalue weighted by atomic mass is 19.1. The largest absolute Gasteiger partial charge is 0.322 e. The molecule has 0 bridgehead atoms. The van der Waals surface area contributed by atoms with Gasteiger partial charge in [-0.3, -0.25) is 0 Å². The highest BCUT2D eigenvalue weighted by Gasteiger charge is 2.28. The summed E-state index contributed by atoms with van der Waals surface area (Å²) in [7, 11) is 0. The zero-order chi connectivity index (χ0) is 7.84. The summed E-state index contributed by atoms with van der Waals surface area (Å²) in [5.41, 5.74) is 7.65. The summed E-state index contributed by atoms with van der Waals surface area (Å²) in [6, 6.07) is 7.26. The fourth-order valence-electron chi connectivity index (χ4n) is 1.58. The summed E-state index contributed by atoms with van der Waals surface area (Å²) >= 11 is 0. The van der Waals surface area contributed by atoms with Crippen molar-refractivity contribution in [2.45, 2.75) is 18.6 Å². The first-order chi connectivity index (χ1) is 5.29. The van der Waals surface area contributed by atoms with Crippen LogP contribution in [0, 0.1) is 0 Å². The molecule has 11 heavy (non-hydrogen) atoms. The summed E-state index contributed by atoms with van der Waals surface area (Å²) in [5.74, 6) is 0. The van der Waals surface area contributed by atoms with Crippen molar-refractivity contribution in [2.75, 3.05) is 0 Å². The second kappa shape index (κ2) is 2.31. The van der Waals surface area contributed by atoms with Crippen LogP contribution in [0.15, 0.2) is 24.3 Å². The predicted molar refractivity (Wildman–Crippen MR) is 42.0 cm³/mol. The Bertz CT molecular complexity index is 272. The highest BCUT2D eigenvalue weighted by Crippen LogP contribution is 2.30. The van der Waals surface area contributed by atoms with Crippen molar-refractivity contribution < 1.29 is 4.39 Å². The van der Waals surface area contributed by atoms with Gasteiger partial charge < -0.3 is 5.73 Å². The lowest BCUT2D eigenvalue weighted by Gasteiger charge is -2.05. The van der Waals surface area contributed by atoms with Gasteiger partial charge >= 0.3 is 0 Å². The Kier molecular flexibility index (Phi) is 1.43. The van der Waals surface area contributed by atoms with Gasteiger partial charge in [0.1, 0.15) is 6.17 Å². The molecule has 2 rings (SSSR count). The molecule has 1 aromatic rings. The van der Waals surface area contributed by atoms with E-state index in [2.05, 4.69) is 0 Å². The van der Waals surface area contributed by atoms with E-state index in [0.717, 1.165) is 11.1 Å². The fourth-order valence-corrected chi connectivity index (χ4v) is 1.58. The molecule has 1 nitrogen and oxygen atoms in total. The quantitative estimate of drug-likeness (QED) is 0.598. The molecule has 0 unspecified atom stereocenters. The number of rotatable bonds is 0. The summed E-state index contributed by atoms with van der Waals surface area (Å²) in [6.45, 7) is 0. The van der Waals surface area contributed by atoms with E-state index in [1.54, 1.807) is 0 Å². The fraction of sp³-hybridized carbons (Fsp3) is 0.333. The van der Waals surface area contributed by atoms with Gasteiger partial charge in [0.2, 0.25) is 0 Å². The van der Waals surface area contributed by atoms with E-state index in [1.165, 1.54) is 0 Å². The average molecular weight is 151 g/mol. The Labute approximate surface area is 65.0 Å². The van der Waals surface area contributed by atoms with Crippen LogP contribution >= 0.6 is 0 Å². The maximum Gasteiger partial charge on any atom is 0.123 e. The number of benzene rings is 1. The van der Waals surface area contributed by atoms with Crippen LogP contribution in [0.3, 0.4) is 0 Å². The van der Waals surface area contributed by atoms with Crippen LogP contribution in [-0.4, -0.2) is 6.17 Å². The second-order valence-corrected chi connectivity index (χ2v) is 2.94. The molecule has 0 aliphatic heterocycles. The number of hydrogen-bond donors (Lipinski definition) is 1. The Hall–Kier alpha value is -0.890. The molecule has 1 aliphatic carbocycles. The summed E-state index contributed by atoms with van der Waals surface area (Å²) in [4.78, 5) is 0. The molecule has 1 aromatic carbocycles. The Morgan fingerprint density at radius 2 is 2.09 bits per heavy atom. The van der Waals surface area contributed by atoms with E-state index in [9.17, 15) is 4.39 Å². The molecule has 2 atom stereocenters. The smallest absolute Gasteiger partial charge is 0.123 e. The molecule has 0 aromatic heterocycles. The molecule has 0 saturated heterocycles. The lowest BCUT2D eigenvalue weighted by molar-refractivity contribution is 0.303. The van der Waals surface area contributed by atoms with E-state index in [-0.39, 0.29) is 0 Å². The number of fused-ring (bicyclic) bond motifs is 1. The lowest BCUT2D eigenvalue weighted by Crippen LogP contribution is -2.17. The monoisotopic (exact) mass is 151 g/mol. The minimum atomic E-state index is -0.882. The van der Waals surface area contributed by atoms with Crippen LogP contribution in [-0.2, 0) is 6.42 Å². The Balaban J connectivity index is 2.47. The van der Waals surface area contributed by atoms with Crippen molar-refractivity contribution in [3.8, 4) is 0 Å². The lowest BCUT2D eigenvalue weighted by atomic mass is 10.1. The first-order valence-electron chi connectivity index (χ1n) is 3.76. The Morgan fingerprint density at radius 1 is 1.36 bits per heavy atom. The van der Waals surface area contributed by atoms with Crippen molar-refractivity contribution in [1.82, 2.24) is 0 Å². The third-order valence-electron chi connectivity index (χ3n) is 2.22. The van der Waals surface area contributed by atoms with Crippen molar-refractivity contribution in [2.24, 2.45) is 5.73 Å². The third-order valence-corrected chi connectivity index (χ3v) is 2.22. The first kappa shape index (κ1) is 6.80. The zero-order valence-corrected chi connectivity index (χ0v) is 6.13. The molecular formula is C9H10FN. The normalized spacial score (nSPS) is 28.5. The maximum absolute atomic E-state index is 13.0. The van der Waals surface area contributed by atoms with Crippen molar-refractivity contribution >= 4 is 0 Å². The molecule has 2 N–H and O–H groups in total. The van der Waals surface area contributed by atoms with Crippen LogP contribution in [0.1, 0.15) is 17.2 Å². The van der Waals surface area contributed by atoms with Gasteiger partial charge in [0, 0.05) is 6.42 Å². The van der Waals surface area contributed by atoms with Crippen molar-refractivity contribution in [1.29, 1.82) is 0 Å². The molecule has 58 valence electrons. The zero-order valence-electron chi connectivity index (χ0n) is 6.13. The SMILES string of the molecule is N[C@H]1c2ccccc2C[C@@H]1F. The summed E-state index contributed by atoms with van der Waals surface area (Å²) in [5, 5.41) is 0. The van der Waals surface area contributed by atoms with Crippen molar-refractivity contribution in [3.63, 3.8) is 0 Å². The molecular weight excluding hydrogens is 141 g/mol. The molecule has 2 heteroatoms. The molecule has 0 spiro atoms. The number of hydrogen-bond acceptors (Lipinski definition) is 1. The molecule has 0 saturated carbocycles. The predicted octanol–water partition coefficient (Wildman–Crippen LogP) is 1.58. The Morgan fingerprint density at radius 3 is 2.82 bits per heavy atom. The van der Waals surface area contributed by atoms with Gasteiger partial charge in [-0.2, -0.15) is 0 Å². The van der Waals surface area contributed by atoms with Crippen LogP contribution < -0.4 is 5.73 Å². The van der Waals surface area contributed by atoms with E-state index in [0.29, 0.717) is 6.42 Å². The van der Waals surface area contributed by atoms with E-state index in [4.69, 9.17) is 5.73 Å². The molecule has 0 fully saturated rings. The topological polar surface area (TPSA) is 26.0 Å². The summed E-state index contributed by atoms with van der Waals surface area (Å²) in [6.07, 6.45) is -0.399. The van der Waals surface area contributed by atoms with Gasteiger partial charge in [-0.15, -0.1) is 0 Å². The van der Waals surface area contributed by atoms with Gasteiger partial charge in [0.25, 0.3) is 0 Å². The summed E-state index contributed by atoms with van der Waals surface area (Å²) < 4.78 is 13.0. The number of halogens is 1. The maximum atomic E-state index is 13.0. The average Bonchev–Trinajstić information content (AvgIpc) is 2.30. The van der Waals surface area contributed by atoms with Crippen molar-refractivity contribution in [3.05, 3.63) is 35.4 Å². The van der Waals surface area contributed by atoms with Crippen LogP contribution in [0.4, 0.5) is 4.39 Å². The van der Waals surface area contributed by atoms with E-state index in [1.807, 2.05) is 24.3 Å². The van der Waals surface area contributed by atoms with Crippen LogP contribution in [0.25, 0.3) is 0 Å². The highest BCUT2D eigenvalue weighted by molar-refractivity contribution is 5.35. The first-order valence-corrected chi connectivity index (χ1v) is 3.76. The third kappa shape index (κ3) is 0.942. The molecule has 0 amide bonds. The number of alkyl halides is 1. The number of nitrogens with two attached hydrogens (primary N) is 1. The van der Waals surface area contributed by atoms with Gasteiger partial charge in [-0.1, -0.05) is 24.3 Å². The van der Waals surface area contributed by atoms with Gasteiger partial charge in [-0.05, 0) is 11.1 Å². The minimum Gasteiger partial charge on any atom is -0.322 e. The van der Waals surface area contributed by atoms with Gasteiger partial charge in [-0.25, -0.2) is 4.39 Å². The van der Waals surface area contributed by atoms with E-state index < -0.39 is 12.2 Å². The van der Waals surface area contributed by atoms with Crippen LogP contribution in [0.2, 0.25) is 0 Å².